The zero-order valence-corrected chi connectivity index (χ0v) is 34.6. The van der Waals surface area contributed by atoms with Gasteiger partial charge in [0.15, 0.2) is 0 Å². The van der Waals surface area contributed by atoms with E-state index in [2.05, 4.69) is 103 Å². The van der Waals surface area contributed by atoms with Gasteiger partial charge in [0.05, 0.1) is 27.1 Å². The topological polar surface area (TPSA) is 97.4 Å². The molecule has 4 N–H and O–H groups in total. The van der Waals surface area contributed by atoms with Crippen molar-refractivity contribution in [3.05, 3.63) is 127 Å². The first kappa shape index (κ1) is 43.5. The van der Waals surface area contributed by atoms with Gasteiger partial charge in [0.1, 0.15) is 6.04 Å². The number of anilines is 2. The number of fused-ring (bicyclic) bond motifs is 2. The van der Waals surface area contributed by atoms with Crippen molar-refractivity contribution >= 4 is 66.0 Å². The van der Waals surface area contributed by atoms with Crippen molar-refractivity contribution in [3.8, 4) is 0 Å². The molecule has 0 bridgehead atoms. The maximum absolute atomic E-state index is 12.7. The highest BCUT2D eigenvalue weighted by Gasteiger charge is 2.33. The van der Waals surface area contributed by atoms with E-state index in [4.69, 9.17) is 0 Å². The molecule has 3 atom stereocenters. The van der Waals surface area contributed by atoms with Crippen LogP contribution in [0.5, 0.6) is 0 Å². The van der Waals surface area contributed by atoms with Crippen LogP contribution < -0.4 is 32.7 Å². The molecule has 2 aliphatic rings. The van der Waals surface area contributed by atoms with Gasteiger partial charge in [-0.1, -0.05) is 74.2 Å². The third-order valence-corrected chi connectivity index (χ3v) is 11.9. The monoisotopic (exact) mass is 872 g/mol. The van der Waals surface area contributed by atoms with E-state index in [9.17, 15) is 13.8 Å². The summed E-state index contributed by atoms with van der Waals surface area (Å²) in [6, 6.07) is 29.5. The summed E-state index contributed by atoms with van der Waals surface area (Å²) in [5.74, 6) is 0.109. The average molecular weight is 875 g/mol. The third-order valence-electron chi connectivity index (χ3n) is 9.07. The van der Waals surface area contributed by atoms with Crippen LogP contribution in [0.4, 0.5) is 11.4 Å². The van der Waals surface area contributed by atoms with Gasteiger partial charge >= 0.3 is 0 Å². The quantitative estimate of drug-likeness (QED) is 0.264. The number of nitrogens with zero attached hydrogens (tertiary/aromatic N) is 2. The average Bonchev–Trinajstić information content (AvgIpc) is 3.06. The van der Waals surface area contributed by atoms with Crippen LogP contribution in [0.1, 0.15) is 100 Å². The minimum absolute atomic E-state index is 0. The predicted molar refractivity (Wildman–Crippen MR) is 218 cm³/mol. The lowest BCUT2D eigenvalue weighted by atomic mass is 9.93. The van der Waals surface area contributed by atoms with E-state index in [-0.39, 0.29) is 48.5 Å². The van der Waals surface area contributed by atoms with E-state index in [0.717, 1.165) is 63.7 Å². The Bertz CT molecular complexity index is 1870. The largest absolute Gasteiger partial charge is 1.00 e. The zero-order valence-electron chi connectivity index (χ0n) is 29.8. The number of quaternary nitrogens is 1. The molecule has 4 aromatic carbocycles. The zero-order chi connectivity index (χ0) is 36.2. The van der Waals surface area contributed by atoms with E-state index in [1.165, 1.54) is 22.3 Å². The standard InChI is InChI=1S/C22H27BrN2O2S.C18H19BrN2O.CH4.ClH/c1-15(26)25-11-10-20(24-28(27)22(2,3)4)18-13-17(14-19(23)21(18)25)12-16-8-6-5-7-9-16;1-12(22)21-8-7-17(20)15-10-14(11-16(19)18(15)21)9-13-5-3-2-4-6-13;;/h5-9,13-14,20,24H,10-12H2,1-4H3;2-6,10-11,17H,7-9,20H2,1H3;1H4;1H/t20-,28-;17-;;/m11../s1. The van der Waals surface area contributed by atoms with Crippen molar-refractivity contribution in [2.24, 2.45) is 0 Å². The maximum atomic E-state index is 12.7. The summed E-state index contributed by atoms with van der Waals surface area (Å²) in [6.07, 6.45) is 3.34. The summed E-state index contributed by atoms with van der Waals surface area (Å²) in [7, 11) is -1.18. The van der Waals surface area contributed by atoms with Crippen LogP contribution in [0.15, 0.2) is 93.9 Å². The van der Waals surface area contributed by atoms with Gasteiger partial charge in [-0.2, -0.15) is 0 Å². The first-order valence-corrected chi connectivity index (χ1v) is 19.8. The summed E-state index contributed by atoms with van der Waals surface area (Å²) >= 11 is 7.35. The van der Waals surface area contributed by atoms with Gasteiger partial charge in [0.2, 0.25) is 11.8 Å². The van der Waals surface area contributed by atoms with Crippen molar-refractivity contribution in [3.63, 3.8) is 0 Å². The molecule has 11 heteroatoms. The number of hydrogen-bond donors (Lipinski definition) is 2. The van der Waals surface area contributed by atoms with Gasteiger partial charge in [-0.3, -0.25) is 9.59 Å². The molecule has 2 amide bonds. The smallest absolute Gasteiger partial charge is 0.223 e. The van der Waals surface area contributed by atoms with Gasteiger partial charge < -0.3 is 27.9 Å². The predicted octanol–water partition coefficient (Wildman–Crippen LogP) is 5.61. The summed E-state index contributed by atoms with van der Waals surface area (Å²) in [6.45, 7) is 10.5. The lowest BCUT2D eigenvalue weighted by molar-refractivity contribution is -0.427. The molecule has 0 fully saturated rings. The SMILES string of the molecule is C.CC(=O)N1CC[C@@H](N[S@](=O)C(C)(C)C)c2cc(Cc3ccccc3)cc(Br)c21.CC(=O)N1CC[C@@H]([NH3+])c2cc(Cc3ccccc3)cc(Br)c21.[Cl-]. The number of carbonyl (C=O) groups is 2. The minimum Gasteiger partial charge on any atom is -1.00 e. The van der Waals surface area contributed by atoms with Gasteiger partial charge in [-0.05, 0) is 118 Å². The summed E-state index contributed by atoms with van der Waals surface area (Å²) in [4.78, 5) is 27.7. The third kappa shape index (κ3) is 10.6. The fraction of sp³-hybridized carbons (Fsp3) is 0.366. The number of rotatable bonds is 6. The molecule has 0 aliphatic carbocycles. The maximum Gasteiger partial charge on any atom is 0.223 e. The molecule has 0 aromatic heterocycles. The van der Waals surface area contributed by atoms with E-state index in [0.29, 0.717) is 6.54 Å². The molecule has 0 spiro atoms. The molecule has 0 saturated carbocycles. The molecule has 0 radical (unpaired) electrons. The molecule has 2 heterocycles. The summed E-state index contributed by atoms with van der Waals surface area (Å²) in [5, 5.41) is 0. The molecule has 7 nitrogen and oxygen atoms in total. The Morgan fingerprint density at radius 1 is 0.750 bits per heavy atom. The van der Waals surface area contributed by atoms with Gasteiger partial charge in [-0.25, -0.2) is 8.93 Å². The number of hydrogen-bond acceptors (Lipinski definition) is 3. The van der Waals surface area contributed by atoms with E-state index in [1.807, 2.05) is 54.8 Å². The number of amides is 2. The fourth-order valence-corrected chi connectivity index (χ4v) is 8.84. The molecule has 6 rings (SSSR count). The summed E-state index contributed by atoms with van der Waals surface area (Å²) < 4.78 is 17.6. The Kier molecular flexibility index (Phi) is 15.9. The Morgan fingerprint density at radius 2 is 1.17 bits per heavy atom. The Morgan fingerprint density at radius 3 is 1.62 bits per heavy atom. The van der Waals surface area contributed by atoms with Crippen molar-refractivity contribution in [2.75, 3.05) is 22.9 Å². The van der Waals surface area contributed by atoms with Crippen molar-refractivity contribution in [1.82, 2.24) is 4.72 Å². The van der Waals surface area contributed by atoms with Crippen molar-refractivity contribution in [1.29, 1.82) is 0 Å². The van der Waals surface area contributed by atoms with Crippen LogP contribution in [0.2, 0.25) is 0 Å². The van der Waals surface area contributed by atoms with E-state index < -0.39 is 11.0 Å². The van der Waals surface area contributed by atoms with Gasteiger partial charge in [-0.15, -0.1) is 0 Å². The fourth-order valence-electron chi connectivity index (χ4n) is 6.51. The number of carbonyl (C=O) groups excluding carboxylic acids is 2. The normalized spacial score (nSPS) is 16.9. The molecule has 4 aromatic rings. The Balaban J connectivity index is 0.000000277. The lowest BCUT2D eigenvalue weighted by Gasteiger charge is -2.36. The van der Waals surface area contributed by atoms with Crippen LogP contribution in [0, 0.1) is 0 Å². The van der Waals surface area contributed by atoms with Crippen LogP contribution in [-0.4, -0.2) is 33.9 Å². The molecular formula is C41H51Br2ClN4O3S. The van der Waals surface area contributed by atoms with E-state index >= 15 is 0 Å². The second-order valence-electron chi connectivity index (χ2n) is 14.0. The van der Waals surface area contributed by atoms with E-state index in [1.54, 1.807) is 13.8 Å². The van der Waals surface area contributed by atoms with Crippen molar-refractivity contribution < 1.29 is 31.9 Å². The number of nitrogens with one attached hydrogen (secondary N) is 1. The van der Waals surface area contributed by atoms with Crippen molar-refractivity contribution in [2.45, 2.75) is 84.6 Å². The van der Waals surface area contributed by atoms with Gasteiger partial charge in [0.25, 0.3) is 0 Å². The molecule has 0 saturated heterocycles. The van der Waals surface area contributed by atoms with Crippen LogP contribution in [0.3, 0.4) is 0 Å². The molecule has 52 heavy (non-hydrogen) atoms. The Hall–Kier alpha value is -2.86. The van der Waals surface area contributed by atoms with Crippen LogP contribution in [-0.2, 0) is 33.4 Å². The highest BCUT2D eigenvalue weighted by Crippen LogP contribution is 2.42. The second kappa shape index (κ2) is 18.9. The first-order chi connectivity index (χ1) is 23.7. The number of halogens is 3. The first-order valence-electron chi connectivity index (χ1n) is 17.0. The second-order valence-corrected chi connectivity index (χ2v) is 17.7. The van der Waals surface area contributed by atoms with Gasteiger partial charge in [0, 0.05) is 53.9 Å². The minimum atomic E-state index is -1.18. The number of benzene rings is 4. The summed E-state index contributed by atoms with van der Waals surface area (Å²) in [5.41, 5.74) is 13.3. The molecule has 2 aliphatic heterocycles. The highest BCUT2D eigenvalue weighted by molar-refractivity contribution is 9.11. The molecule has 0 unspecified atom stereocenters. The lowest BCUT2D eigenvalue weighted by Crippen LogP contribution is -3.00. The molecule has 280 valence electrons. The Labute approximate surface area is 335 Å². The molecular weight excluding hydrogens is 824 g/mol. The highest BCUT2D eigenvalue weighted by atomic mass is 79.9. The van der Waals surface area contributed by atoms with Crippen LogP contribution in [0.25, 0.3) is 0 Å². The van der Waals surface area contributed by atoms with Crippen LogP contribution >= 0.6 is 31.9 Å².